The molecule has 1 unspecified atom stereocenters. The number of hydrogen-bond donors (Lipinski definition) is 3. The number of nitrogen functional groups attached to an aromatic ring is 1. The summed E-state index contributed by atoms with van der Waals surface area (Å²) in [4.78, 5) is 19.1. The second kappa shape index (κ2) is 14.1. The van der Waals surface area contributed by atoms with Gasteiger partial charge < -0.3 is 21.1 Å². The average Bonchev–Trinajstić information content (AvgIpc) is 2.95. The summed E-state index contributed by atoms with van der Waals surface area (Å²) in [7, 11) is 0. The number of carbonyl (C=O) groups is 1. The van der Waals surface area contributed by atoms with Crippen molar-refractivity contribution in [3.05, 3.63) is 89.1 Å². The monoisotopic (exact) mass is 562 g/mol. The van der Waals surface area contributed by atoms with Crippen LogP contribution in [0.25, 0.3) is 10.8 Å². The van der Waals surface area contributed by atoms with E-state index >= 15 is 0 Å². The van der Waals surface area contributed by atoms with Crippen LogP contribution >= 0.6 is 23.4 Å². The maximum Gasteiger partial charge on any atom is 0.247 e. The summed E-state index contributed by atoms with van der Waals surface area (Å²) in [6.45, 7) is 5.01. The third-order valence-electron chi connectivity index (χ3n) is 6.39. The fourth-order valence-corrected chi connectivity index (χ4v) is 5.57. The van der Waals surface area contributed by atoms with E-state index in [-0.39, 0.29) is 5.91 Å². The van der Waals surface area contributed by atoms with Crippen LogP contribution in [0.2, 0.25) is 5.02 Å². The Morgan fingerprint density at radius 3 is 2.74 bits per heavy atom. The normalized spacial score (nSPS) is 11.8. The molecule has 4 rings (SSSR count). The number of anilines is 2. The van der Waals surface area contributed by atoms with Gasteiger partial charge in [0.2, 0.25) is 5.91 Å². The van der Waals surface area contributed by atoms with E-state index in [9.17, 15) is 4.79 Å². The van der Waals surface area contributed by atoms with E-state index in [2.05, 4.69) is 34.7 Å². The Kier molecular flexibility index (Phi) is 10.3. The van der Waals surface area contributed by atoms with Crippen LogP contribution < -0.4 is 21.1 Å². The van der Waals surface area contributed by atoms with Crippen molar-refractivity contribution in [3.63, 3.8) is 0 Å². The average molecular weight is 563 g/mol. The fraction of sp³-hybridized carbons (Fsp3) is 0.290. The maximum absolute atomic E-state index is 13.7. The molecule has 39 heavy (non-hydrogen) atoms. The molecule has 3 aromatic carbocycles. The number of nitrogens with zero attached hydrogens (tertiary/aromatic N) is 1. The van der Waals surface area contributed by atoms with E-state index in [0.29, 0.717) is 29.7 Å². The van der Waals surface area contributed by atoms with Crippen LogP contribution in [0.1, 0.15) is 50.3 Å². The number of pyridine rings is 1. The molecule has 1 atom stereocenters. The van der Waals surface area contributed by atoms with Gasteiger partial charge in [0.05, 0.1) is 11.6 Å². The summed E-state index contributed by atoms with van der Waals surface area (Å²) in [5, 5.41) is 8.87. The molecule has 0 aliphatic heterocycles. The largest absolute Gasteiger partial charge is 0.492 e. The van der Waals surface area contributed by atoms with Gasteiger partial charge in [-0.2, -0.15) is 0 Å². The molecular formula is C31H35ClN4O2S. The number of halogens is 1. The predicted octanol–water partition coefficient (Wildman–Crippen LogP) is 7.62. The van der Waals surface area contributed by atoms with Crippen molar-refractivity contribution in [1.82, 2.24) is 10.3 Å². The zero-order valence-electron chi connectivity index (χ0n) is 22.4. The van der Waals surface area contributed by atoms with Gasteiger partial charge in [-0.3, -0.25) is 4.79 Å². The zero-order chi connectivity index (χ0) is 27.6. The van der Waals surface area contributed by atoms with Gasteiger partial charge in [0.25, 0.3) is 0 Å². The Bertz CT molecular complexity index is 1410. The van der Waals surface area contributed by atoms with Crippen molar-refractivity contribution in [2.24, 2.45) is 0 Å². The second-order valence-corrected chi connectivity index (χ2v) is 10.8. The van der Waals surface area contributed by atoms with E-state index in [1.54, 1.807) is 12.3 Å². The van der Waals surface area contributed by atoms with Crippen LogP contribution in [-0.4, -0.2) is 23.3 Å². The molecule has 204 valence electrons. The van der Waals surface area contributed by atoms with E-state index in [1.807, 2.05) is 67.2 Å². The number of hydrogen-bond acceptors (Lipinski definition) is 6. The highest BCUT2D eigenvalue weighted by molar-refractivity contribution is 7.99. The molecule has 4 N–H and O–H groups in total. The van der Waals surface area contributed by atoms with Gasteiger partial charge in [-0.1, -0.05) is 55.6 Å². The quantitative estimate of drug-likeness (QED) is 0.115. The van der Waals surface area contributed by atoms with E-state index in [0.717, 1.165) is 33.3 Å². The van der Waals surface area contributed by atoms with Crippen LogP contribution in [0.4, 0.5) is 11.5 Å². The first kappa shape index (κ1) is 28.6. The Balaban J connectivity index is 1.58. The molecule has 1 aromatic heterocycles. The first-order chi connectivity index (χ1) is 19.0. The summed E-state index contributed by atoms with van der Waals surface area (Å²) in [6, 6.07) is 20.7. The highest BCUT2D eigenvalue weighted by Gasteiger charge is 2.22. The number of nitrogens with one attached hydrogen (secondary N) is 2. The summed E-state index contributed by atoms with van der Waals surface area (Å²) in [5.41, 5.74) is 8.67. The lowest BCUT2D eigenvalue weighted by atomic mass is 10.0. The number of aromatic nitrogens is 1. The van der Waals surface area contributed by atoms with Crippen molar-refractivity contribution in [1.29, 1.82) is 0 Å². The van der Waals surface area contributed by atoms with Crippen LogP contribution in [-0.2, 0) is 11.3 Å². The number of amides is 1. The number of nitrogens with two attached hydrogens (primary N) is 1. The van der Waals surface area contributed by atoms with Crippen LogP contribution in [0, 0.1) is 0 Å². The Hall–Kier alpha value is -3.42. The molecule has 0 saturated carbocycles. The number of fused-ring (bicyclic) bond motifs is 1. The summed E-state index contributed by atoms with van der Waals surface area (Å²) in [6.07, 6.45) is 5.28. The molecule has 4 aromatic rings. The van der Waals surface area contributed by atoms with Gasteiger partial charge in [0.1, 0.15) is 17.6 Å². The molecule has 0 aliphatic carbocycles. The van der Waals surface area contributed by atoms with Crippen molar-refractivity contribution in [2.75, 3.05) is 23.4 Å². The van der Waals surface area contributed by atoms with Crippen LogP contribution in [0.3, 0.4) is 0 Å². The predicted molar refractivity (Wildman–Crippen MR) is 164 cm³/mol. The van der Waals surface area contributed by atoms with Gasteiger partial charge in [-0.25, -0.2) is 4.98 Å². The van der Waals surface area contributed by atoms with Crippen molar-refractivity contribution in [2.45, 2.75) is 50.6 Å². The van der Waals surface area contributed by atoms with E-state index in [4.69, 9.17) is 22.1 Å². The lowest BCUT2D eigenvalue weighted by Crippen LogP contribution is -2.33. The standard InChI is InChI=1S/C31H35ClN4O2S/c1-3-5-8-17-39-28-10-7-6-9-23(28)20-35-31(37)29(22-11-14-26(32)27(19-22)38-4-2)36-24-12-13-25-21(18-24)15-16-34-30(25)33/h6-7,9-16,18-19,29,36H,3-5,8,17,20H2,1-2H3,(H2,33,34)(H,35,37). The minimum absolute atomic E-state index is 0.153. The second-order valence-electron chi connectivity index (χ2n) is 9.21. The molecule has 0 aliphatic rings. The highest BCUT2D eigenvalue weighted by atomic mass is 35.5. The van der Waals surface area contributed by atoms with Crippen molar-refractivity contribution < 1.29 is 9.53 Å². The summed E-state index contributed by atoms with van der Waals surface area (Å²) in [5.74, 6) is 1.93. The molecule has 0 saturated heterocycles. The molecule has 8 heteroatoms. The minimum atomic E-state index is -0.678. The van der Waals surface area contributed by atoms with Gasteiger partial charge in [0, 0.05) is 28.7 Å². The maximum atomic E-state index is 13.7. The SMILES string of the molecule is CCCCCSc1ccccc1CNC(=O)C(Nc1ccc2c(N)nccc2c1)c1ccc(Cl)c(OCC)c1. The van der Waals surface area contributed by atoms with Crippen molar-refractivity contribution in [3.8, 4) is 5.75 Å². The van der Waals surface area contributed by atoms with Gasteiger partial charge in [-0.05, 0) is 78.1 Å². The Labute approximate surface area is 239 Å². The van der Waals surface area contributed by atoms with E-state index in [1.165, 1.54) is 24.2 Å². The molecule has 0 spiro atoms. The molecule has 0 radical (unpaired) electrons. The zero-order valence-corrected chi connectivity index (χ0v) is 23.9. The van der Waals surface area contributed by atoms with Gasteiger partial charge in [-0.15, -0.1) is 11.8 Å². The molecule has 1 heterocycles. The Morgan fingerprint density at radius 1 is 1.08 bits per heavy atom. The first-order valence-corrected chi connectivity index (χ1v) is 14.7. The number of rotatable bonds is 13. The number of unbranched alkanes of at least 4 members (excludes halogenated alkanes) is 2. The summed E-state index contributed by atoms with van der Waals surface area (Å²) < 4.78 is 5.71. The number of benzene rings is 3. The lowest BCUT2D eigenvalue weighted by molar-refractivity contribution is -0.122. The third kappa shape index (κ3) is 7.58. The molecular weight excluding hydrogens is 528 g/mol. The third-order valence-corrected chi connectivity index (χ3v) is 7.90. The summed E-state index contributed by atoms with van der Waals surface area (Å²) >= 11 is 8.20. The highest BCUT2D eigenvalue weighted by Crippen LogP contribution is 2.31. The topological polar surface area (TPSA) is 89.3 Å². The molecule has 6 nitrogen and oxygen atoms in total. The first-order valence-electron chi connectivity index (χ1n) is 13.3. The van der Waals surface area contributed by atoms with E-state index < -0.39 is 6.04 Å². The minimum Gasteiger partial charge on any atom is -0.492 e. The number of thioether (sulfide) groups is 1. The lowest BCUT2D eigenvalue weighted by Gasteiger charge is -2.22. The van der Waals surface area contributed by atoms with Crippen LogP contribution in [0.5, 0.6) is 5.75 Å². The van der Waals surface area contributed by atoms with Gasteiger partial charge >= 0.3 is 0 Å². The number of carbonyl (C=O) groups excluding carboxylic acids is 1. The number of ether oxygens (including phenoxy) is 1. The molecule has 0 fully saturated rings. The van der Waals surface area contributed by atoms with Crippen molar-refractivity contribution >= 4 is 51.5 Å². The molecule has 0 bridgehead atoms. The Morgan fingerprint density at radius 2 is 1.92 bits per heavy atom. The fourth-order valence-electron chi connectivity index (χ4n) is 4.33. The smallest absolute Gasteiger partial charge is 0.247 e. The molecule has 1 amide bonds. The van der Waals surface area contributed by atoms with Crippen LogP contribution in [0.15, 0.2) is 77.8 Å². The van der Waals surface area contributed by atoms with Gasteiger partial charge in [0.15, 0.2) is 0 Å².